The Bertz CT molecular complexity index is 653. The lowest BCUT2D eigenvalue weighted by molar-refractivity contribution is 0.185. The number of benzene rings is 2. The Hall–Kier alpha value is -2.06. The average molecular weight is 368 g/mol. The van der Waals surface area contributed by atoms with Crippen LogP contribution >= 0.6 is 0 Å². The fraction of sp³-hybridized carbons (Fsp3) is 0.440. The molecule has 2 heteroatoms. The molecule has 2 aromatic carbocycles. The van der Waals surface area contributed by atoms with Crippen LogP contribution in [0.2, 0.25) is 0 Å². The first-order valence-corrected chi connectivity index (χ1v) is 10.0. The molecule has 0 radical (unpaired) electrons. The third kappa shape index (κ3) is 8.45. The summed E-state index contributed by atoms with van der Waals surface area (Å²) < 4.78 is 5.70. The molecule has 2 nitrogen and oxygen atoms in total. The van der Waals surface area contributed by atoms with Crippen LogP contribution in [0.1, 0.15) is 51.3 Å². The summed E-state index contributed by atoms with van der Waals surface area (Å²) in [5, 5.41) is 0. The Kier molecular flexibility index (Phi) is 10.5. The van der Waals surface area contributed by atoms with Crippen LogP contribution in [0.15, 0.2) is 61.2 Å². The monoisotopic (exact) mass is 367 g/mol. The van der Waals surface area contributed by atoms with E-state index in [1.165, 1.54) is 16.7 Å². The smallest absolute Gasteiger partial charge is 0.123 e. The summed E-state index contributed by atoms with van der Waals surface area (Å²) in [6, 6.07) is 18.1. The van der Waals surface area contributed by atoms with E-state index < -0.39 is 0 Å². The van der Waals surface area contributed by atoms with Crippen LogP contribution in [0.3, 0.4) is 0 Å². The van der Waals surface area contributed by atoms with Crippen molar-refractivity contribution < 1.29 is 4.74 Å². The Morgan fingerprint density at radius 1 is 1.00 bits per heavy atom. The number of hydrogen-bond acceptors (Lipinski definition) is 2. The van der Waals surface area contributed by atoms with Gasteiger partial charge >= 0.3 is 0 Å². The predicted molar refractivity (Wildman–Crippen MR) is 119 cm³/mol. The van der Waals surface area contributed by atoms with Crippen LogP contribution in [-0.4, -0.2) is 30.1 Å². The highest BCUT2D eigenvalue weighted by Crippen LogP contribution is 2.23. The minimum atomic E-state index is 0.546. The van der Waals surface area contributed by atoms with Gasteiger partial charge in [0.2, 0.25) is 0 Å². The molecule has 0 saturated carbocycles. The second-order valence-electron chi connectivity index (χ2n) is 7.39. The molecule has 2 aromatic rings. The predicted octanol–water partition coefficient (Wildman–Crippen LogP) is 6.28. The van der Waals surface area contributed by atoms with Gasteiger partial charge < -0.3 is 4.74 Å². The Labute approximate surface area is 166 Å². The van der Waals surface area contributed by atoms with Crippen LogP contribution in [0.5, 0.6) is 5.75 Å². The van der Waals surface area contributed by atoms with E-state index in [4.69, 9.17) is 4.74 Å². The van der Waals surface area contributed by atoms with E-state index in [9.17, 15) is 0 Å². The standard InChI is InChI=1S/C17H18O.C8H19N/c1-3-11-18-17-10-9-14(2)12-16(17)13-15-7-5-4-6-8-15;1-6-9(7(2)3)8(4)5/h3-10,12H,1,11,13H2,2H3;7-8H,6H2,1-5H3. The highest BCUT2D eigenvalue weighted by Gasteiger charge is 2.09. The van der Waals surface area contributed by atoms with Crippen LogP contribution in [0.4, 0.5) is 0 Å². The van der Waals surface area contributed by atoms with Gasteiger partial charge in [-0.2, -0.15) is 0 Å². The molecule has 0 unspecified atom stereocenters. The highest BCUT2D eigenvalue weighted by atomic mass is 16.5. The number of hydrogen-bond donors (Lipinski definition) is 0. The molecule has 0 heterocycles. The van der Waals surface area contributed by atoms with Crippen molar-refractivity contribution in [3.63, 3.8) is 0 Å². The maximum atomic E-state index is 5.70. The molecule has 0 aliphatic heterocycles. The molecule has 0 spiro atoms. The quantitative estimate of drug-likeness (QED) is 0.509. The fourth-order valence-electron chi connectivity index (χ4n) is 3.28. The molecular formula is C25H37NO. The van der Waals surface area contributed by atoms with Gasteiger partial charge in [0.1, 0.15) is 12.4 Å². The summed E-state index contributed by atoms with van der Waals surface area (Å²) in [5.74, 6) is 0.948. The highest BCUT2D eigenvalue weighted by molar-refractivity contribution is 5.40. The van der Waals surface area contributed by atoms with Gasteiger partial charge in [-0.05, 0) is 58.4 Å². The van der Waals surface area contributed by atoms with E-state index in [2.05, 4.69) is 89.4 Å². The van der Waals surface area contributed by atoms with E-state index in [0.29, 0.717) is 18.7 Å². The van der Waals surface area contributed by atoms with Crippen LogP contribution in [-0.2, 0) is 6.42 Å². The molecule has 0 aliphatic carbocycles. The number of aryl methyl sites for hydroxylation is 1. The van der Waals surface area contributed by atoms with Gasteiger partial charge in [-0.3, -0.25) is 4.90 Å². The third-order valence-electron chi connectivity index (χ3n) is 4.50. The molecule has 148 valence electrons. The maximum Gasteiger partial charge on any atom is 0.123 e. The molecule has 0 aromatic heterocycles. The average Bonchev–Trinajstić information content (AvgIpc) is 2.62. The summed E-state index contributed by atoms with van der Waals surface area (Å²) in [7, 11) is 0. The van der Waals surface area contributed by atoms with Crippen molar-refractivity contribution in [2.45, 2.75) is 60.0 Å². The van der Waals surface area contributed by atoms with Crippen molar-refractivity contribution in [2.75, 3.05) is 13.2 Å². The summed E-state index contributed by atoms with van der Waals surface area (Å²) in [6.07, 6.45) is 2.67. The van der Waals surface area contributed by atoms with Gasteiger partial charge in [-0.25, -0.2) is 0 Å². The zero-order valence-corrected chi connectivity index (χ0v) is 18.0. The normalized spacial score (nSPS) is 10.7. The zero-order chi connectivity index (χ0) is 20.2. The SMILES string of the molecule is C=CCOc1ccc(C)cc1Cc1ccccc1.CCN(C(C)C)C(C)C. The lowest BCUT2D eigenvalue weighted by Gasteiger charge is -2.28. The molecule has 0 fully saturated rings. The Morgan fingerprint density at radius 2 is 1.63 bits per heavy atom. The molecule has 0 amide bonds. The van der Waals surface area contributed by atoms with Crippen LogP contribution in [0.25, 0.3) is 0 Å². The molecular weight excluding hydrogens is 330 g/mol. The summed E-state index contributed by atoms with van der Waals surface area (Å²) >= 11 is 0. The van der Waals surface area contributed by atoms with Gasteiger partial charge in [-0.15, -0.1) is 0 Å². The molecule has 0 N–H and O–H groups in total. The van der Waals surface area contributed by atoms with Crippen LogP contribution < -0.4 is 4.74 Å². The minimum absolute atomic E-state index is 0.546. The van der Waals surface area contributed by atoms with E-state index >= 15 is 0 Å². The van der Waals surface area contributed by atoms with Crippen molar-refractivity contribution >= 4 is 0 Å². The van der Waals surface area contributed by atoms with Gasteiger partial charge in [0.05, 0.1) is 0 Å². The summed E-state index contributed by atoms with van der Waals surface area (Å²) in [6.45, 7) is 18.7. The number of nitrogens with zero attached hydrogens (tertiary/aromatic N) is 1. The fourth-order valence-corrected chi connectivity index (χ4v) is 3.28. The van der Waals surface area contributed by atoms with E-state index in [1.807, 2.05) is 12.1 Å². The lowest BCUT2D eigenvalue weighted by Crippen LogP contribution is -2.36. The summed E-state index contributed by atoms with van der Waals surface area (Å²) in [5.41, 5.74) is 3.78. The van der Waals surface area contributed by atoms with Gasteiger partial charge in [0.25, 0.3) is 0 Å². The largest absolute Gasteiger partial charge is 0.489 e. The van der Waals surface area contributed by atoms with Crippen molar-refractivity contribution in [1.29, 1.82) is 0 Å². The van der Waals surface area contributed by atoms with E-state index in [-0.39, 0.29) is 0 Å². The lowest BCUT2D eigenvalue weighted by atomic mass is 10.0. The summed E-state index contributed by atoms with van der Waals surface area (Å²) in [4.78, 5) is 2.46. The maximum absolute atomic E-state index is 5.70. The van der Waals surface area contributed by atoms with Gasteiger partial charge in [0.15, 0.2) is 0 Å². The van der Waals surface area contributed by atoms with Gasteiger partial charge in [0, 0.05) is 18.5 Å². The third-order valence-corrected chi connectivity index (χ3v) is 4.50. The van der Waals surface area contributed by atoms with Gasteiger partial charge in [-0.1, -0.05) is 67.6 Å². The molecule has 0 aliphatic rings. The first kappa shape index (κ1) is 23.0. The molecule has 2 rings (SSSR count). The molecule has 0 bridgehead atoms. The number of rotatable bonds is 8. The Morgan fingerprint density at radius 3 is 2.11 bits per heavy atom. The van der Waals surface area contributed by atoms with Crippen molar-refractivity contribution in [1.82, 2.24) is 4.90 Å². The van der Waals surface area contributed by atoms with Crippen molar-refractivity contribution in [3.05, 3.63) is 77.9 Å². The topological polar surface area (TPSA) is 12.5 Å². The van der Waals surface area contributed by atoms with Crippen molar-refractivity contribution in [2.24, 2.45) is 0 Å². The van der Waals surface area contributed by atoms with E-state index in [0.717, 1.165) is 18.7 Å². The second kappa shape index (κ2) is 12.3. The Balaban J connectivity index is 0.000000345. The van der Waals surface area contributed by atoms with Crippen LogP contribution in [0, 0.1) is 6.92 Å². The molecule has 0 atom stereocenters. The molecule has 27 heavy (non-hydrogen) atoms. The minimum Gasteiger partial charge on any atom is -0.489 e. The molecule has 0 saturated heterocycles. The first-order valence-electron chi connectivity index (χ1n) is 10.0. The number of ether oxygens (including phenoxy) is 1. The second-order valence-corrected chi connectivity index (χ2v) is 7.39. The van der Waals surface area contributed by atoms with Crippen molar-refractivity contribution in [3.8, 4) is 5.75 Å². The van der Waals surface area contributed by atoms with E-state index in [1.54, 1.807) is 6.08 Å². The zero-order valence-electron chi connectivity index (χ0n) is 18.0. The first-order chi connectivity index (χ1) is 12.9.